The Labute approximate surface area is 305 Å². The number of hydrogen-bond acceptors (Lipinski definition) is 13. The second kappa shape index (κ2) is 19.4. The maximum absolute atomic E-state index is 13.2. The average molecular weight is 762 g/mol. The van der Waals surface area contributed by atoms with Gasteiger partial charge in [-0.25, -0.2) is 9.59 Å². The molecule has 6 amide bonds. The molecule has 2 aromatic rings. The van der Waals surface area contributed by atoms with Crippen LogP contribution >= 0.6 is 0 Å². The number of anilines is 1. The van der Waals surface area contributed by atoms with E-state index < -0.39 is 91.9 Å². The summed E-state index contributed by atoms with van der Waals surface area (Å²) in [6, 6.07) is 3.18. The number of nitrogens with one attached hydrogen (secondary N) is 3. The molecule has 1 saturated heterocycles. The molecule has 2 heterocycles. The number of carbonyl (C=O) groups excluding carboxylic acids is 5. The van der Waals surface area contributed by atoms with Crippen LogP contribution in [0.15, 0.2) is 27.4 Å². The van der Waals surface area contributed by atoms with E-state index in [1.165, 1.54) is 30.0 Å². The van der Waals surface area contributed by atoms with Crippen molar-refractivity contribution < 1.29 is 68.0 Å². The van der Waals surface area contributed by atoms with Gasteiger partial charge in [-0.05, 0) is 24.6 Å². The predicted molar refractivity (Wildman–Crippen MR) is 183 cm³/mol. The Morgan fingerprint density at radius 3 is 1.87 bits per heavy atom. The Kier molecular flexibility index (Phi) is 15.1. The van der Waals surface area contributed by atoms with E-state index >= 15 is 0 Å². The summed E-state index contributed by atoms with van der Waals surface area (Å²) in [7, 11) is 0. The molecule has 1 aliphatic rings. The first kappa shape index (κ1) is 42.0. The molecule has 0 unspecified atom stereocenters. The minimum Gasteiger partial charge on any atom is -0.480 e. The van der Waals surface area contributed by atoms with Crippen molar-refractivity contribution >= 4 is 70.2 Å². The molecule has 22 nitrogen and oxygen atoms in total. The van der Waals surface area contributed by atoms with Crippen LogP contribution in [0.3, 0.4) is 0 Å². The van der Waals surface area contributed by atoms with Crippen molar-refractivity contribution in [2.24, 2.45) is 0 Å². The molecule has 292 valence electrons. The third-order valence-corrected chi connectivity index (χ3v) is 7.94. The van der Waals surface area contributed by atoms with Gasteiger partial charge in [-0.1, -0.05) is 0 Å². The monoisotopic (exact) mass is 761 g/mol. The van der Waals surface area contributed by atoms with Gasteiger partial charge in [0.05, 0.1) is 19.6 Å². The molecule has 22 heteroatoms. The number of aliphatic carboxylic acids is 4. The number of rotatable bonds is 21. The SMILES string of the molecule is Cc1c(C(=O)NCCNC(=O)CN2C(=O)CCC2=O)c(=O)oc2cc(NC(=O)N(CCN(CCN(CC(=O)O)CC(=O)O)CC(=O)O)CC(=O)O)ccc12. The molecule has 3 rings (SSSR count). The summed E-state index contributed by atoms with van der Waals surface area (Å²) in [6.07, 6.45) is 0.0729. The molecule has 0 aliphatic carbocycles. The Balaban J connectivity index is 1.64. The highest BCUT2D eigenvalue weighted by Crippen LogP contribution is 2.23. The molecular formula is C32H39N7O15. The second-order valence-electron chi connectivity index (χ2n) is 12.0. The number of carbonyl (C=O) groups is 9. The number of carboxylic acids is 4. The summed E-state index contributed by atoms with van der Waals surface area (Å²) >= 11 is 0. The maximum Gasteiger partial charge on any atom is 0.349 e. The van der Waals surface area contributed by atoms with Crippen LogP contribution < -0.4 is 21.6 Å². The summed E-state index contributed by atoms with van der Waals surface area (Å²) in [6.45, 7) is -2.57. The number of hydrogen-bond donors (Lipinski definition) is 7. The molecular weight excluding hydrogens is 722 g/mol. The Morgan fingerprint density at radius 2 is 1.28 bits per heavy atom. The van der Waals surface area contributed by atoms with Gasteiger partial charge >= 0.3 is 35.5 Å². The lowest BCUT2D eigenvalue weighted by Crippen LogP contribution is -2.46. The summed E-state index contributed by atoms with van der Waals surface area (Å²) in [4.78, 5) is 124. The number of urea groups is 1. The van der Waals surface area contributed by atoms with Crippen LogP contribution in [0.25, 0.3) is 11.0 Å². The lowest BCUT2D eigenvalue weighted by molar-refractivity contribution is -0.143. The molecule has 1 aliphatic heterocycles. The van der Waals surface area contributed by atoms with Gasteiger partial charge in [0.25, 0.3) is 5.91 Å². The van der Waals surface area contributed by atoms with Crippen molar-refractivity contribution in [1.82, 2.24) is 30.2 Å². The number of imide groups is 1. The molecule has 0 atom stereocenters. The van der Waals surface area contributed by atoms with E-state index in [-0.39, 0.29) is 74.5 Å². The van der Waals surface area contributed by atoms with E-state index in [1.807, 2.05) is 0 Å². The molecule has 0 bridgehead atoms. The lowest BCUT2D eigenvalue weighted by atomic mass is 10.0. The fourth-order valence-electron chi connectivity index (χ4n) is 5.38. The minimum absolute atomic E-state index is 0.0326. The Hall–Kier alpha value is -6.42. The van der Waals surface area contributed by atoms with E-state index in [9.17, 15) is 58.2 Å². The summed E-state index contributed by atoms with van der Waals surface area (Å²) < 4.78 is 5.34. The van der Waals surface area contributed by atoms with Crippen LogP contribution in [0, 0.1) is 6.92 Å². The van der Waals surface area contributed by atoms with Crippen LogP contribution in [0.2, 0.25) is 0 Å². The number of amides is 6. The topological polar surface area (TPSA) is 314 Å². The van der Waals surface area contributed by atoms with E-state index in [0.717, 1.165) is 14.7 Å². The third-order valence-electron chi connectivity index (χ3n) is 7.94. The first-order valence-electron chi connectivity index (χ1n) is 16.3. The van der Waals surface area contributed by atoms with Crippen LogP contribution in [-0.2, 0) is 33.6 Å². The van der Waals surface area contributed by atoms with Crippen LogP contribution in [0.5, 0.6) is 0 Å². The first-order chi connectivity index (χ1) is 25.4. The van der Waals surface area contributed by atoms with Crippen LogP contribution in [0.1, 0.15) is 28.8 Å². The first-order valence-corrected chi connectivity index (χ1v) is 16.3. The summed E-state index contributed by atoms with van der Waals surface area (Å²) in [5.74, 6) is -7.60. The van der Waals surface area contributed by atoms with Gasteiger partial charge in [-0.2, -0.15) is 0 Å². The predicted octanol–water partition coefficient (Wildman–Crippen LogP) is -2.13. The normalized spacial score (nSPS) is 12.6. The Bertz CT molecular complexity index is 1850. The van der Waals surface area contributed by atoms with Crippen LogP contribution in [0.4, 0.5) is 10.5 Å². The number of carboxylic acid groups (broad SMARTS) is 4. The second-order valence-corrected chi connectivity index (χ2v) is 12.0. The minimum atomic E-state index is -1.40. The van der Waals surface area contributed by atoms with Gasteiger partial charge in [0, 0.05) is 69.3 Å². The van der Waals surface area contributed by atoms with Crippen LogP contribution in [-0.4, -0.2) is 166 Å². The van der Waals surface area contributed by atoms with Crippen molar-refractivity contribution in [1.29, 1.82) is 0 Å². The summed E-state index contributed by atoms with van der Waals surface area (Å²) in [5.41, 5.74) is -1.09. The van der Waals surface area contributed by atoms with Gasteiger partial charge < -0.3 is 45.7 Å². The zero-order valence-corrected chi connectivity index (χ0v) is 29.0. The van der Waals surface area contributed by atoms with Crippen molar-refractivity contribution in [2.75, 3.05) is 77.3 Å². The third kappa shape index (κ3) is 12.7. The Morgan fingerprint density at radius 1 is 0.741 bits per heavy atom. The molecule has 0 saturated carbocycles. The van der Waals surface area contributed by atoms with E-state index in [4.69, 9.17) is 14.6 Å². The highest BCUT2D eigenvalue weighted by Gasteiger charge is 2.30. The molecule has 1 fully saturated rings. The van der Waals surface area contributed by atoms with Gasteiger partial charge in [-0.15, -0.1) is 0 Å². The smallest absolute Gasteiger partial charge is 0.349 e. The molecule has 1 aromatic heterocycles. The largest absolute Gasteiger partial charge is 0.480 e. The van der Waals surface area contributed by atoms with Gasteiger partial charge in [-0.3, -0.25) is 53.1 Å². The van der Waals surface area contributed by atoms with Crippen molar-refractivity contribution in [3.8, 4) is 0 Å². The molecule has 1 aromatic carbocycles. The lowest BCUT2D eigenvalue weighted by Gasteiger charge is -2.28. The standard InChI is InChI=1S/C32H39N7O15/c1-18-20-3-2-19(12-21(20)54-31(52)29(18)30(51)34-7-6-33-22(40)13-39-23(41)4-5-24(39)42)35-32(53)38(17-28(49)50)11-10-36(14-25(43)44)8-9-37(15-26(45)46)16-27(47)48/h2-3,12H,4-11,13-17H2,1H3,(H,33,40)(H,34,51)(H,35,53)(H,43,44)(H,45,46)(H,47,48)(H,49,50). The number of aryl methyl sites for hydroxylation is 1. The summed E-state index contributed by atoms with van der Waals surface area (Å²) in [5, 5.41) is 44.6. The number of nitrogens with zero attached hydrogens (tertiary/aromatic N) is 4. The number of benzene rings is 1. The van der Waals surface area contributed by atoms with Crippen molar-refractivity contribution in [3.05, 3.63) is 39.7 Å². The zero-order valence-electron chi connectivity index (χ0n) is 29.0. The van der Waals surface area contributed by atoms with Crippen molar-refractivity contribution in [2.45, 2.75) is 19.8 Å². The van der Waals surface area contributed by atoms with E-state index in [0.29, 0.717) is 5.39 Å². The van der Waals surface area contributed by atoms with Gasteiger partial charge in [0.1, 0.15) is 24.2 Å². The highest BCUT2D eigenvalue weighted by atomic mass is 16.4. The van der Waals surface area contributed by atoms with E-state index in [1.54, 1.807) is 0 Å². The number of likely N-dealkylation sites (tertiary alicyclic amines) is 1. The van der Waals surface area contributed by atoms with Gasteiger partial charge in [0.15, 0.2) is 0 Å². The zero-order chi connectivity index (χ0) is 40.1. The van der Waals surface area contributed by atoms with Crippen molar-refractivity contribution in [3.63, 3.8) is 0 Å². The fraction of sp³-hybridized carbons (Fsp3) is 0.438. The molecule has 0 spiro atoms. The fourth-order valence-corrected chi connectivity index (χ4v) is 5.38. The maximum atomic E-state index is 13.2. The highest BCUT2D eigenvalue weighted by molar-refractivity contribution is 6.04. The van der Waals surface area contributed by atoms with Gasteiger partial charge in [0.2, 0.25) is 17.7 Å². The number of fused-ring (bicyclic) bond motifs is 1. The quantitative estimate of drug-likeness (QED) is 0.0406. The average Bonchev–Trinajstić information content (AvgIpc) is 3.38. The molecule has 0 radical (unpaired) electrons. The van der Waals surface area contributed by atoms with E-state index in [2.05, 4.69) is 16.0 Å². The molecule has 54 heavy (non-hydrogen) atoms. The molecule has 7 N–H and O–H groups in total.